The van der Waals surface area contributed by atoms with E-state index in [1.54, 1.807) is 12.1 Å². The number of H-pyrrole nitrogens is 1. The number of benzene rings is 1. The van der Waals surface area contributed by atoms with Gasteiger partial charge in [-0.1, -0.05) is 0 Å². The van der Waals surface area contributed by atoms with Gasteiger partial charge in [0.15, 0.2) is 0 Å². The van der Waals surface area contributed by atoms with Crippen LogP contribution in [0, 0.1) is 5.82 Å². The van der Waals surface area contributed by atoms with Crippen LogP contribution < -0.4 is 10.5 Å². The maximum atomic E-state index is 12.9. The lowest BCUT2D eigenvalue weighted by Crippen LogP contribution is -1.89. The average Bonchev–Trinajstić information content (AvgIpc) is 2.64. The normalized spacial score (nSPS) is 10.3. The van der Waals surface area contributed by atoms with Crippen molar-refractivity contribution in [3.05, 3.63) is 30.1 Å². The van der Waals surface area contributed by atoms with E-state index in [1.165, 1.54) is 19.2 Å². The van der Waals surface area contributed by atoms with Crippen molar-refractivity contribution in [3.8, 4) is 17.0 Å². The molecular weight excluding hydrogens is 197 g/mol. The van der Waals surface area contributed by atoms with Crippen LogP contribution in [0.25, 0.3) is 11.3 Å². The van der Waals surface area contributed by atoms with E-state index >= 15 is 0 Å². The molecule has 0 saturated carbocycles. The molecule has 0 unspecified atom stereocenters. The molecular formula is C10H10FN3O. The summed E-state index contributed by atoms with van der Waals surface area (Å²) in [7, 11) is 1.48. The first-order chi connectivity index (χ1) is 7.20. The largest absolute Gasteiger partial charge is 0.496 e. The van der Waals surface area contributed by atoms with Crippen molar-refractivity contribution in [2.45, 2.75) is 0 Å². The molecule has 1 aromatic carbocycles. The summed E-state index contributed by atoms with van der Waals surface area (Å²) in [5.74, 6) is 0.484. The number of nitrogens with two attached hydrogens (primary N) is 1. The van der Waals surface area contributed by atoms with E-state index in [0.717, 1.165) is 5.56 Å². The summed E-state index contributed by atoms with van der Waals surface area (Å²) in [5.41, 5.74) is 6.90. The molecule has 0 bridgehead atoms. The SMILES string of the molecule is COc1cc(F)ccc1-c1cc(N)n[nH]1. The molecule has 78 valence electrons. The smallest absolute Gasteiger partial charge is 0.145 e. The van der Waals surface area contributed by atoms with E-state index in [0.29, 0.717) is 17.3 Å². The second-order valence-electron chi connectivity index (χ2n) is 3.05. The van der Waals surface area contributed by atoms with Gasteiger partial charge in [-0.3, -0.25) is 5.10 Å². The minimum atomic E-state index is -0.344. The Bertz CT molecular complexity index is 481. The zero-order valence-corrected chi connectivity index (χ0v) is 8.12. The monoisotopic (exact) mass is 207 g/mol. The minimum Gasteiger partial charge on any atom is -0.496 e. The Hall–Kier alpha value is -2.04. The first kappa shape index (κ1) is 9.51. The van der Waals surface area contributed by atoms with Gasteiger partial charge in [0.2, 0.25) is 0 Å². The fourth-order valence-electron chi connectivity index (χ4n) is 1.36. The van der Waals surface area contributed by atoms with Crippen molar-refractivity contribution in [3.63, 3.8) is 0 Å². The number of methoxy groups -OCH3 is 1. The Morgan fingerprint density at radius 2 is 2.20 bits per heavy atom. The Balaban J connectivity index is 2.52. The second kappa shape index (κ2) is 3.61. The van der Waals surface area contributed by atoms with Gasteiger partial charge in [-0.25, -0.2) is 4.39 Å². The predicted octanol–water partition coefficient (Wildman–Crippen LogP) is 1.81. The van der Waals surface area contributed by atoms with Crippen LogP contribution in [0.15, 0.2) is 24.3 Å². The molecule has 5 heteroatoms. The van der Waals surface area contributed by atoms with Crippen molar-refractivity contribution in [1.82, 2.24) is 10.2 Å². The maximum Gasteiger partial charge on any atom is 0.145 e. The lowest BCUT2D eigenvalue weighted by atomic mass is 10.1. The highest BCUT2D eigenvalue weighted by Crippen LogP contribution is 2.29. The molecule has 3 N–H and O–H groups in total. The summed E-state index contributed by atoms with van der Waals surface area (Å²) in [6, 6.07) is 5.94. The Morgan fingerprint density at radius 3 is 2.80 bits per heavy atom. The molecule has 0 spiro atoms. The van der Waals surface area contributed by atoms with Crippen LogP contribution in [0.2, 0.25) is 0 Å². The standard InChI is InChI=1S/C10H10FN3O/c1-15-9-4-6(11)2-3-7(9)8-5-10(12)14-13-8/h2-5H,1H3,(H3,12,13,14). The minimum absolute atomic E-state index is 0.344. The van der Waals surface area contributed by atoms with Crippen molar-refractivity contribution < 1.29 is 9.13 Å². The lowest BCUT2D eigenvalue weighted by molar-refractivity contribution is 0.413. The number of hydrogen-bond donors (Lipinski definition) is 2. The van der Waals surface area contributed by atoms with Gasteiger partial charge in [0, 0.05) is 17.7 Å². The van der Waals surface area contributed by atoms with Gasteiger partial charge in [-0.15, -0.1) is 0 Å². The van der Waals surface area contributed by atoms with Crippen LogP contribution >= 0.6 is 0 Å². The predicted molar refractivity (Wildman–Crippen MR) is 54.9 cm³/mol. The Morgan fingerprint density at radius 1 is 1.40 bits per heavy atom. The average molecular weight is 207 g/mol. The van der Waals surface area contributed by atoms with Crippen molar-refractivity contribution in [1.29, 1.82) is 0 Å². The summed E-state index contributed by atoms with van der Waals surface area (Å²) in [6.07, 6.45) is 0. The van der Waals surface area contributed by atoms with E-state index in [-0.39, 0.29) is 5.82 Å². The van der Waals surface area contributed by atoms with Crippen LogP contribution in [-0.4, -0.2) is 17.3 Å². The zero-order chi connectivity index (χ0) is 10.8. The fraction of sp³-hybridized carbons (Fsp3) is 0.100. The van der Waals surface area contributed by atoms with E-state index in [9.17, 15) is 4.39 Å². The molecule has 0 radical (unpaired) electrons. The molecule has 0 amide bonds. The number of nitrogen functional groups attached to an aromatic ring is 1. The van der Waals surface area contributed by atoms with Crippen LogP contribution in [0.5, 0.6) is 5.75 Å². The number of aromatic amines is 1. The quantitative estimate of drug-likeness (QED) is 0.789. The molecule has 4 nitrogen and oxygen atoms in total. The molecule has 2 rings (SSSR count). The van der Waals surface area contributed by atoms with Crippen molar-refractivity contribution >= 4 is 5.82 Å². The third-order valence-electron chi connectivity index (χ3n) is 2.05. The molecule has 1 aromatic heterocycles. The van der Waals surface area contributed by atoms with E-state index in [1.807, 2.05) is 0 Å². The summed E-state index contributed by atoms with van der Waals surface area (Å²) in [4.78, 5) is 0. The Labute approximate surface area is 85.9 Å². The topological polar surface area (TPSA) is 63.9 Å². The summed E-state index contributed by atoms with van der Waals surface area (Å²) in [5, 5.41) is 6.53. The molecule has 0 aliphatic carbocycles. The fourth-order valence-corrected chi connectivity index (χ4v) is 1.36. The second-order valence-corrected chi connectivity index (χ2v) is 3.05. The summed E-state index contributed by atoms with van der Waals surface area (Å²) in [6.45, 7) is 0. The van der Waals surface area contributed by atoms with Gasteiger partial charge in [-0.05, 0) is 12.1 Å². The highest BCUT2D eigenvalue weighted by atomic mass is 19.1. The molecule has 0 fully saturated rings. The van der Waals surface area contributed by atoms with E-state index < -0.39 is 0 Å². The molecule has 0 aliphatic heterocycles. The first-order valence-corrected chi connectivity index (χ1v) is 4.35. The highest BCUT2D eigenvalue weighted by molar-refractivity contribution is 5.68. The number of aromatic nitrogens is 2. The third-order valence-corrected chi connectivity index (χ3v) is 2.05. The molecule has 2 aromatic rings. The number of ether oxygens (including phenoxy) is 1. The van der Waals surface area contributed by atoms with Crippen LogP contribution in [-0.2, 0) is 0 Å². The Kier molecular flexibility index (Phi) is 2.29. The lowest BCUT2D eigenvalue weighted by Gasteiger charge is -2.05. The van der Waals surface area contributed by atoms with Gasteiger partial charge < -0.3 is 10.5 Å². The van der Waals surface area contributed by atoms with Gasteiger partial charge in [0.1, 0.15) is 17.4 Å². The number of halogens is 1. The molecule has 0 aliphatic rings. The van der Waals surface area contributed by atoms with Gasteiger partial charge in [0.25, 0.3) is 0 Å². The number of nitrogens with one attached hydrogen (secondary N) is 1. The van der Waals surface area contributed by atoms with Gasteiger partial charge in [-0.2, -0.15) is 5.10 Å². The summed E-state index contributed by atoms with van der Waals surface area (Å²) < 4.78 is 18.0. The number of hydrogen-bond acceptors (Lipinski definition) is 3. The van der Waals surface area contributed by atoms with Crippen LogP contribution in [0.3, 0.4) is 0 Å². The number of rotatable bonds is 2. The van der Waals surface area contributed by atoms with Crippen molar-refractivity contribution in [2.24, 2.45) is 0 Å². The zero-order valence-electron chi connectivity index (χ0n) is 8.12. The molecule has 15 heavy (non-hydrogen) atoms. The highest BCUT2D eigenvalue weighted by Gasteiger charge is 2.08. The molecule has 1 heterocycles. The van der Waals surface area contributed by atoms with Crippen LogP contribution in [0.4, 0.5) is 10.2 Å². The first-order valence-electron chi connectivity index (χ1n) is 4.35. The van der Waals surface area contributed by atoms with Crippen LogP contribution in [0.1, 0.15) is 0 Å². The van der Waals surface area contributed by atoms with E-state index in [2.05, 4.69) is 10.2 Å². The molecule has 0 atom stereocenters. The molecule has 0 saturated heterocycles. The van der Waals surface area contributed by atoms with Gasteiger partial charge in [0.05, 0.1) is 12.8 Å². The third kappa shape index (κ3) is 1.76. The van der Waals surface area contributed by atoms with Crippen molar-refractivity contribution in [2.75, 3.05) is 12.8 Å². The van der Waals surface area contributed by atoms with E-state index in [4.69, 9.17) is 10.5 Å². The number of anilines is 1. The summed E-state index contributed by atoms with van der Waals surface area (Å²) >= 11 is 0. The van der Waals surface area contributed by atoms with Gasteiger partial charge >= 0.3 is 0 Å². The maximum absolute atomic E-state index is 12.9. The number of nitrogens with zero attached hydrogens (tertiary/aromatic N) is 1.